The van der Waals surface area contributed by atoms with Gasteiger partial charge in [-0.1, -0.05) is 30.3 Å². The number of hydrogen-bond donors (Lipinski definition) is 1. The minimum absolute atomic E-state index is 0.0871. The standard InChI is InChI=1S/C22H23N3O3S/c23-16-22(12-13-22)18-6-8-19(9-7-18)24-21(26)17-10-14-25(15-11-17)29(27,28)20-4-2-1-3-5-20/h1-9,17H,10-15H2,(H,24,26). The molecule has 0 bridgehead atoms. The smallest absolute Gasteiger partial charge is 0.243 e. The highest BCUT2D eigenvalue weighted by atomic mass is 32.2. The number of anilines is 1. The lowest BCUT2D eigenvalue weighted by Gasteiger charge is -2.30. The third-order valence-electron chi connectivity index (χ3n) is 5.87. The van der Waals surface area contributed by atoms with E-state index in [0.29, 0.717) is 31.6 Å². The molecule has 1 amide bonds. The maximum absolute atomic E-state index is 12.7. The van der Waals surface area contributed by atoms with Gasteiger partial charge in [-0.15, -0.1) is 0 Å². The van der Waals surface area contributed by atoms with Gasteiger partial charge in [0.05, 0.1) is 16.4 Å². The lowest BCUT2D eigenvalue weighted by atomic mass is 9.96. The molecule has 29 heavy (non-hydrogen) atoms. The molecule has 2 aliphatic rings. The van der Waals surface area contributed by atoms with Crippen molar-refractivity contribution in [3.63, 3.8) is 0 Å². The van der Waals surface area contributed by atoms with Crippen LogP contribution < -0.4 is 5.32 Å². The van der Waals surface area contributed by atoms with Crippen LogP contribution in [-0.4, -0.2) is 31.7 Å². The van der Waals surface area contributed by atoms with E-state index in [1.54, 1.807) is 30.3 Å². The molecule has 0 unspecified atom stereocenters. The van der Waals surface area contributed by atoms with Crippen LogP contribution in [0.5, 0.6) is 0 Å². The molecule has 2 aromatic rings. The number of amides is 1. The zero-order valence-corrected chi connectivity index (χ0v) is 16.9. The summed E-state index contributed by atoms with van der Waals surface area (Å²) >= 11 is 0. The Hall–Kier alpha value is -2.69. The Morgan fingerprint density at radius 2 is 1.66 bits per heavy atom. The molecule has 2 aromatic carbocycles. The quantitative estimate of drug-likeness (QED) is 0.820. The Balaban J connectivity index is 1.34. The van der Waals surface area contributed by atoms with Crippen molar-refractivity contribution in [2.75, 3.05) is 18.4 Å². The zero-order chi connectivity index (χ0) is 20.5. The molecule has 0 spiro atoms. The Morgan fingerprint density at radius 1 is 1.03 bits per heavy atom. The lowest BCUT2D eigenvalue weighted by Crippen LogP contribution is -2.41. The van der Waals surface area contributed by atoms with Gasteiger partial charge >= 0.3 is 0 Å². The number of carbonyl (C=O) groups is 1. The molecular formula is C22H23N3O3S. The summed E-state index contributed by atoms with van der Waals surface area (Å²) in [5, 5.41) is 12.2. The summed E-state index contributed by atoms with van der Waals surface area (Å²) in [7, 11) is -3.51. The molecule has 0 aromatic heterocycles. The minimum atomic E-state index is -3.51. The summed E-state index contributed by atoms with van der Waals surface area (Å²) in [6.45, 7) is 0.665. The van der Waals surface area contributed by atoms with Crippen LogP contribution in [0.25, 0.3) is 0 Å². The Morgan fingerprint density at radius 3 is 2.21 bits per heavy atom. The molecule has 1 saturated heterocycles. The first-order valence-electron chi connectivity index (χ1n) is 9.82. The second kappa shape index (κ2) is 7.62. The highest BCUT2D eigenvalue weighted by Crippen LogP contribution is 2.47. The van der Waals surface area contributed by atoms with Crippen molar-refractivity contribution in [3.8, 4) is 6.07 Å². The van der Waals surface area contributed by atoms with E-state index in [4.69, 9.17) is 0 Å². The van der Waals surface area contributed by atoms with Gasteiger partial charge in [-0.05, 0) is 55.5 Å². The maximum Gasteiger partial charge on any atom is 0.243 e. The summed E-state index contributed by atoms with van der Waals surface area (Å²) in [5.41, 5.74) is 1.36. The number of rotatable bonds is 5. The summed E-state index contributed by atoms with van der Waals surface area (Å²) in [4.78, 5) is 12.9. The monoisotopic (exact) mass is 409 g/mol. The molecule has 1 aliphatic carbocycles. The first kappa shape index (κ1) is 19.6. The zero-order valence-electron chi connectivity index (χ0n) is 16.0. The number of nitrogens with zero attached hydrogens (tertiary/aromatic N) is 2. The molecule has 1 saturated carbocycles. The predicted octanol–water partition coefficient (Wildman–Crippen LogP) is 3.28. The fourth-order valence-electron chi connectivity index (χ4n) is 3.81. The highest BCUT2D eigenvalue weighted by Gasteiger charge is 2.44. The number of piperidine rings is 1. The molecule has 7 heteroatoms. The number of sulfonamides is 1. The van der Waals surface area contributed by atoms with Crippen LogP contribution >= 0.6 is 0 Å². The first-order chi connectivity index (χ1) is 13.9. The van der Waals surface area contributed by atoms with Crippen LogP contribution in [0.2, 0.25) is 0 Å². The van der Waals surface area contributed by atoms with Crippen molar-refractivity contribution in [3.05, 3.63) is 60.2 Å². The minimum Gasteiger partial charge on any atom is -0.326 e. The number of hydrogen-bond acceptors (Lipinski definition) is 4. The second-order valence-electron chi connectivity index (χ2n) is 7.75. The molecule has 6 nitrogen and oxygen atoms in total. The second-order valence-corrected chi connectivity index (χ2v) is 9.69. The van der Waals surface area contributed by atoms with Gasteiger partial charge in [0.1, 0.15) is 0 Å². The normalized spacial score (nSPS) is 19.3. The van der Waals surface area contributed by atoms with Crippen LogP contribution in [-0.2, 0) is 20.2 Å². The van der Waals surface area contributed by atoms with E-state index in [1.807, 2.05) is 24.3 Å². The van der Waals surface area contributed by atoms with E-state index in [2.05, 4.69) is 11.4 Å². The lowest BCUT2D eigenvalue weighted by molar-refractivity contribution is -0.120. The van der Waals surface area contributed by atoms with Gasteiger partial charge in [0.25, 0.3) is 0 Å². The SMILES string of the molecule is N#CC1(c2ccc(NC(=O)C3CCN(S(=O)(=O)c4ccccc4)CC3)cc2)CC1. The van der Waals surface area contributed by atoms with Gasteiger partial charge in [0.2, 0.25) is 15.9 Å². The van der Waals surface area contributed by atoms with Crippen molar-refractivity contribution in [2.45, 2.75) is 36.0 Å². The first-order valence-corrected chi connectivity index (χ1v) is 11.3. The van der Waals surface area contributed by atoms with E-state index < -0.39 is 10.0 Å². The highest BCUT2D eigenvalue weighted by molar-refractivity contribution is 7.89. The molecule has 4 rings (SSSR count). The van der Waals surface area contributed by atoms with E-state index in [9.17, 15) is 18.5 Å². The Labute approximate surface area is 171 Å². The average Bonchev–Trinajstić information content (AvgIpc) is 3.56. The van der Waals surface area contributed by atoms with E-state index in [0.717, 1.165) is 18.4 Å². The topological polar surface area (TPSA) is 90.3 Å². The molecule has 1 aliphatic heterocycles. The van der Waals surface area contributed by atoms with Crippen molar-refractivity contribution < 1.29 is 13.2 Å². The fourth-order valence-corrected chi connectivity index (χ4v) is 5.30. The Bertz CT molecular complexity index is 1030. The van der Waals surface area contributed by atoms with Crippen LogP contribution in [0.3, 0.4) is 0 Å². The summed E-state index contributed by atoms with van der Waals surface area (Å²) in [6.07, 6.45) is 2.76. The van der Waals surface area contributed by atoms with Crippen LogP contribution in [0.1, 0.15) is 31.2 Å². The van der Waals surface area contributed by atoms with Gasteiger partial charge in [0, 0.05) is 24.7 Å². The van der Waals surface area contributed by atoms with Gasteiger partial charge < -0.3 is 5.32 Å². The van der Waals surface area contributed by atoms with Gasteiger partial charge in [-0.2, -0.15) is 9.57 Å². The van der Waals surface area contributed by atoms with E-state index in [-0.39, 0.29) is 22.1 Å². The third kappa shape index (κ3) is 3.91. The summed E-state index contributed by atoms with van der Waals surface area (Å²) in [6, 6.07) is 18.2. The molecular weight excluding hydrogens is 386 g/mol. The maximum atomic E-state index is 12.7. The number of nitriles is 1. The molecule has 0 atom stereocenters. The van der Waals surface area contributed by atoms with Gasteiger partial charge in [-0.25, -0.2) is 8.42 Å². The molecule has 1 N–H and O–H groups in total. The molecule has 150 valence electrons. The van der Waals surface area contributed by atoms with Crippen molar-refractivity contribution in [1.29, 1.82) is 5.26 Å². The number of benzene rings is 2. The van der Waals surface area contributed by atoms with Crippen LogP contribution in [0.4, 0.5) is 5.69 Å². The van der Waals surface area contributed by atoms with Gasteiger partial charge in [0.15, 0.2) is 0 Å². The van der Waals surface area contributed by atoms with E-state index in [1.165, 1.54) is 4.31 Å². The van der Waals surface area contributed by atoms with Crippen molar-refractivity contribution >= 4 is 21.6 Å². The van der Waals surface area contributed by atoms with Crippen molar-refractivity contribution in [2.24, 2.45) is 5.92 Å². The van der Waals surface area contributed by atoms with Crippen LogP contribution in [0, 0.1) is 17.2 Å². The number of nitrogens with one attached hydrogen (secondary N) is 1. The Kier molecular flexibility index (Phi) is 5.15. The van der Waals surface area contributed by atoms with Gasteiger partial charge in [-0.3, -0.25) is 4.79 Å². The largest absolute Gasteiger partial charge is 0.326 e. The van der Waals surface area contributed by atoms with E-state index >= 15 is 0 Å². The molecule has 0 radical (unpaired) electrons. The average molecular weight is 410 g/mol. The number of carbonyl (C=O) groups excluding carboxylic acids is 1. The molecule has 1 heterocycles. The molecule has 2 fully saturated rings. The fraction of sp³-hybridized carbons (Fsp3) is 0.364. The summed E-state index contributed by atoms with van der Waals surface area (Å²) < 4.78 is 26.9. The summed E-state index contributed by atoms with van der Waals surface area (Å²) in [5.74, 6) is -0.304. The third-order valence-corrected chi connectivity index (χ3v) is 7.79. The van der Waals surface area contributed by atoms with Crippen molar-refractivity contribution in [1.82, 2.24) is 4.31 Å². The van der Waals surface area contributed by atoms with Crippen LogP contribution in [0.15, 0.2) is 59.5 Å². The predicted molar refractivity (Wildman–Crippen MR) is 110 cm³/mol.